The summed E-state index contributed by atoms with van der Waals surface area (Å²) < 4.78 is 15.7. The van der Waals surface area contributed by atoms with E-state index in [2.05, 4.69) is 4.57 Å². The van der Waals surface area contributed by atoms with Gasteiger partial charge in [0.05, 0.1) is 6.04 Å². The SMILES string of the molecule is O=C(c1cccc(F)c1)N1CCn2cccc2[C@H]1c1ccccc1Cl. The molecular weight excluding hydrogens is 339 g/mol. The third-order valence-corrected chi connectivity index (χ3v) is 4.91. The standard InChI is InChI=1S/C20H16ClFN2O/c21-17-8-2-1-7-16(17)19-18-9-4-10-23(18)11-12-24(19)20(25)14-5-3-6-15(22)13-14/h1-10,13,19H,11-12H2/t19-/m1/s1. The minimum absolute atomic E-state index is 0.197. The van der Waals surface area contributed by atoms with Gasteiger partial charge in [-0.25, -0.2) is 4.39 Å². The van der Waals surface area contributed by atoms with Gasteiger partial charge < -0.3 is 9.47 Å². The Balaban J connectivity index is 1.81. The fourth-order valence-electron chi connectivity index (χ4n) is 3.41. The molecule has 2 heterocycles. The van der Waals surface area contributed by atoms with E-state index in [0.717, 1.165) is 11.3 Å². The van der Waals surface area contributed by atoms with Crippen molar-refractivity contribution in [2.75, 3.05) is 6.54 Å². The average Bonchev–Trinajstić information content (AvgIpc) is 3.10. The first-order chi connectivity index (χ1) is 12.1. The summed E-state index contributed by atoms with van der Waals surface area (Å²) in [5.74, 6) is -0.614. The summed E-state index contributed by atoms with van der Waals surface area (Å²) in [6.45, 7) is 1.23. The molecule has 1 atom stereocenters. The Morgan fingerprint density at radius 3 is 2.68 bits per heavy atom. The van der Waals surface area contributed by atoms with Crippen LogP contribution in [0.4, 0.5) is 4.39 Å². The molecule has 0 bridgehead atoms. The molecule has 0 saturated heterocycles. The number of hydrogen-bond donors (Lipinski definition) is 0. The lowest BCUT2D eigenvalue weighted by molar-refractivity contribution is 0.0663. The molecule has 0 N–H and O–H groups in total. The highest BCUT2D eigenvalue weighted by Gasteiger charge is 2.33. The first-order valence-electron chi connectivity index (χ1n) is 8.11. The van der Waals surface area contributed by atoms with Crippen LogP contribution in [0.5, 0.6) is 0 Å². The van der Waals surface area contributed by atoms with E-state index in [4.69, 9.17) is 11.6 Å². The number of amides is 1. The summed E-state index contributed by atoms with van der Waals surface area (Å²) in [5.41, 5.74) is 2.22. The number of carbonyl (C=O) groups excluding carboxylic acids is 1. The van der Waals surface area contributed by atoms with E-state index in [1.54, 1.807) is 17.0 Å². The second-order valence-corrected chi connectivity index (χ2v) is 6.47. The Bertz CT molecular complexity index is 937. The maximum Gasteiger partial charge on any atom is 0.254 e. The van der Waals surface area contributed by atoms with Gasteiger partial charge in [0.2, 0.25) is 0 Å². The van der Waals surface area contributed by atoms with Gasteiger partial charge in [-0.3, -0.25) is 4.79 Å². The minimum Gasteiger partial charge on any atom is -0.348 e. The van der Waals surface area contributed by atoms with Gasteiger partial charge in [0.1, 0.15) is 5.82 Å². The average molecular weight is 355 g/mol. The molecule has 2 aromatic carbocycles. The first kappa shape index (κ1) is 15.9. The van der Waals surface area contributed by atoms with Crippen LogP contribution in [-0.2, 0) is 6.54 Å². The zero-order valence-corrected chi connectivity index (χ0v) is 14.2. The fourth-order valence-corrected chi connectivity index (χ4v) is 3.65. The van der Waals surface area contributed by atoms with Crippen molar-refractivity contribution in [3.8, 4) is 0 Å². The summed E-state index contributed by atoms with van der Waals surface area (Å²) >= 11 is 6.43. The number of nitrogens with zero attached hydrogens (tertiary/aromatic N) is 2. The maximum absolute atomic E-state index is 13.6. The van der Waals surface area contributed by atoms with Gasteiger partial charge in [0.25, 0.3) is 5.91 Å². The van der Waals surface area contributed by atoms with Crippen molar-refractivity contribution in [1.82, 2.24) is 9.47 Å². The van der Waals surface area contributed by atoms with Gasteiger partial charge in [-0.2, -0.15) is 0 Å². The summed E-state index contributed by atoms with van der Waals surface area (Å²) in [7, 11) is 0. The number of benzene rings is 2. The van der Waals surface area contributed by atoms with Crippen LogP contribution in [-0.4, -0.2) is 21.9 Å². The van der Waals surface area contributed by atoms with Crippen molar-refractivity contribution in [2.24, 2.45) is 0 Å². The number of carbonyl (C=O) groups is 1. The molecule has 1 amide bonds. The molecule has 4 rings (SSSR count). The Kier molecular flexibility index (Phi) is 4.06. The molecule has 1 aromatic heterocycles. The van der Waals surface area contributed by atoms with E-state index in [1.165, 1.54) is 12.1 Å². The molecule has 0 fully saturated rings. The van der Waals surface area contributed by atoms with E-state index < -0.39 is 5.82 Å². The van der Waals surface area contributed by atoms with Crippen molar-refractivity contribution < 1.29 is 9.18 Å². The highest BCUT2D eigenvalue weighted by molar-refractivity contribution is 6.31. The van der Waals surface area contributed by atoms with Gasteiger partial charge in [-0.05, 0) is 42.0 Å². The van der Waals surface area contributed by atoms with Crippen LogP contribution in [0.2, 0.25) is 5.02 Å². The summed E-state index contributed by atoms with van der Waals surface area (Å²) in [4.78, 5) is 14.9. The highest BCUT2D eigenvalue weighted by atomic mass is 35.5. The van der Waals surface area contributed by atoms with Crippen molar-refractivity contribution in [3.05, 3.63) is 94.5 Å². The quantitative estimate of drug-likeness (QED) is 0.664. The van der Waals surface area contributed by atoms with Gasteiger partial charge in [0, 0.05) is 35.6 Å². The third-order valence-electron chi connectivity index (χ3n) is 4.57. The summed E-state index contributed by atoms with van der Waals surface area (Å²) in [6, 6.07) is 17.0. The van der Waals surface area contributed by atoms with Crippen LogP contribution < -0.4 is 0 Å². The zero-order valence-electron chi connectivity index (χ0n) is 13.4. The third kappa shape index (κ3) is 2.83. The Hall–Kier alpha value is -2.59. The van der Waals surface area contributed by atoms with Crippen molar-refractivity contribution in [2.45, 2.75) is 12.6 Å². The molecule has 25 heavy (non-hydrogen) atoms. The minimum atomic E-state index is -0.416. The van der Waals surface area contributed by atoms with Gasteiger partial charge >= 0.3 is 0 Å². The second kappa shape index (κ2) is 6.37. The lowest BCUT2D eigenvalue weighted by Gasteiger charge is -2.37. The molecule has 0 radical (unpaired) electrons. The molecule has 1 aliphatic heterocycles. The lowest BCUT2D eigenvalue weighted by Crippen LogP contribution is -2.42. The number of fused-ring (bicyclic) bond motifs is 1. The van der Waals surface area contributed by atoms with Crippen molar-refractivity contribution >= 4 is 17.5 Å². The van der Waals surface area contributed by atoms with Crippen LogP contribution in [0.1, 0.15) is 27.7 Å². The molecule has 3 nitrogen and oxygen atoms in total. The van der Waals surface area contributed by atoms with Crippen LogP contribution in [0.15, 0.2) is 66.9 Å². The number of rotatable bonds is 2. The number of aromatic nitrogens is 1. The van der Waals surface area contributed by atoms with E-state index in [9.17, 15) is 9.18 Å². The van der Waals surface area contributed by atoms with Crippen LogP contribution in [0.3, 0.4) is 0 Å². The lowest BCUT2D eigenvalue weighted by atomic mass is 9.98. The Labute approximate surface area is 150 Å². The van der Waals surface area contributed by atoms with E-state index in [1.807, 2.05) is 42.6 Å². The van der Waals surface area contributed by atoms with Crippen molar-refractivity contribution in [1.29, 1.82) is 0 Å². The van der Waals surface area contributed by atoms with Crippen LogP contribution in [0, 0.1) is 5.82 Å². The Morgan fingerprint density at radius 2 is 1.88 bits per heavy atom. The number of hydrogen-bond acceptors (Lipinski definition) is 1. The zero-order chi connectivity index (χ0) is 17.4. The van der Waals surface area contributed by atoms with E-state index in [0.29, 0.717) is 23.7 Å². The van der Waals surface area contributed by atoms with Gasteiger partial charge in [-0.15, -0.1) is 0 Å². The summed E-state index contributed by atoms with van der Waals surface area (Å²) in [5, 5.41) is 0.610. The van der Waals surface area contributed by atoms with Crippen LogP contribution in [0.25, 0.3) is 0 Å². The normalized spacial score (nSPS) is 16.6. The van der Waals surface area contributed by atoms with Crippen molar-refractivity contribution in [3.63, 3.8) is 0 Å². The maximum atomic E-state index is 13.6. The molecule has 0 spiro atoms. The summed E-state index contributed by atoms with van der Waals surface area (Å²) in [6.07, 6.45) is 2.00. The molecular formula is C20H16ClFN2O. The molecule has 0 aliphatic carbocycles. The fraction of sp³-hybridized carbons (Fsp3) is 0.150. The van der Waals surface area contributed by atoms with E-state index in [-0.39, 0.29) is 11.9 Å². The van der Waals surface area contributed by atoms with Gasteiger partial charge in [-0.1, -0.05) is 35.9 Å². The molecule has 5 heteroatoms. The highest BCUT2D eigenvalue weighted by Crippen LogP contribution is 2.36. The molecule has 0 saturated carbocycles. The monoisotopic (exact) mass is 354 g/mol. The van der Waals surface area contributed by atoms with E-state index >= 15 is 0 Å². The molecule has 0 unspecified atom stereocenters. The van der Waals surface area contributed by atoms with Crippen LogP contribution >= 0.6 is 11.6 Å². The second-order valence-electron chi connectivity index (χ2n) is 6.06. The predicted octanol–water partition coefficient (Wildman–Crippen LogP) is 4.53. The molecule has 1 aliphatic rings. The predicted molar refractivity (Wildman–Crippen MR) is 95.2 cm³/mol. The molecule has 3 aromatic rings. The first-order valence-corrected chi connectivity index (χ1v) is 8.49. The largest absolute Gasteiger partial charge is 0.348 e. The number of halogens is 2. The Morgan fingerprint density at radius 1 is 1.04 bits per heavy atom. The topological polar surface area (TPSA) is 25.2 Å². The smallest absolute Gasteiger partial charge is 0.254 e. The molecule has 126 valence electrons. The van der Waals surface area contributed by atoms with Gasteiger partial charge in [0.15, 0.2) is 0 Å².